The lowest BCUT2D eigenvalue weighted by molar-refractivity contribution is -0.385. The van der Waals surface area contributed by atoms with Crippen molar-refractivity contribution in [3.05, 3.63) is 27.9 Å². The third kappa shape index (κ3) is 3.29. The van der Waals surface area contributed by atoms with E-state index in [1.807, 2.05) is 25.7 Å². The zero-order valence-electron chi connectivity index (χ0n) is 12.7. The van der Waals surface area contributed by atoms with Crippen LogP contribution in [0.1, 0.15) is 32.8 Å². The Kier molecular flexibility index (Phi) is 3.85. The quantitative estimate of drug-likeness (QED) is 0.681. The predicted molar refractivity (Wildman–Crippen MR) is 79.1 cm³/mol. The van der Waals surface area contributed by atoms with Gasteiger partial charge >= 0.3 is 0 Å². The summed E-state index contributed by atoms with van der Waals surface area (Å²) in [4.78, 5) is 28.2. The summed E-state index contributed by atoms with van der Waals surface area (Å²) in [5, 5.41) is 14.0. The molecule has 0 radical (unpaired) electrons. The number of amides is 1. The number of anilines is 1. The van der Waals surface area contributed by atoms with E-state index < -0.39 is 4.92 Å². The summed E-state index contributed by atoms with van der Waals surface area (Å²) in [6.45, 7) is 8.29. The molecule has 1 aromatic rings. The fourth-order valence-electron chi connectivity index (χ4n) is 2.48. The molecular weight excluding hydrogens is 272 g/mol. The minimum Gasteiger partial charge on any atom is -0.365 e. The average Bonchev–Trinajstić information content (AvgIpc) is 2.69. The summed E-state index contributed by atoms with van der Waals surface area (Å²) in [5.74, 6) is 0.672. The summed E-state index contributed by atoms with van der Waals surface area (Å²) in [7, 11) is 0. The van der Waals surface area contributed by atoms with Crippen LogP contribution in [0.25, 0.3) is 0 Å². The zero-order valence-corrected chi connectivity index (χ0v) is 12.7. The van der Waals surface area contributed by atoms with Crippen molar-refractivity contribution in [2.45, 2.75) is 45.7 Å². The van der Waals surface area contributed by atoms with Crippen LogP contribution in [0.15, 0.2) is 12.3 Å². The number of hydrogen-bond acceptors (Lipinski definition) is 5. The zero-order chi connectivity index (χ0) is 15.8. The number of nitrogens with zero attached hydrogens (tertiary/aromatic N) is 3. The number of likely N-dealkylation sites (tertiary alicyclic amines) is 1. The number of hydrogen-bond donors (Lipinski definition) is 1. The van der Waals surface area contributed by atoms with Crippen LogP contribution in [0.2, 0.25) is 0 Å². The Balaban J connectivity index is 2.08. The van der Waals surface area contributed by atoms with Crippen molar-refractivity contribution in [1.82, 2.24) is 9.88 Å². The van der Waals surface area contributed by atoms with E-state index in [-0.39, 0.29) is 23.2 Å². The van der Waals surface area contributed by atoms with Gasteiger partial charge in [0.1, 0.15) is 12.0 Å². The van der Waals surface area contributed by atoms with Crippen molar-refractivity contribution >= 4 is 17.4 Å². The molecule has 21 heavy (non-hydrogen) atoms. The van der Waals surface area contributed by atoms with Crippen LogP contribution < -0.4 is 5.32 Å². The van der Waals surface area contributed by atoms with Crippen LogP contribution in [0.3, 0.4) is 0 Å². The molecule has 7 nitrogen and oxygen atoms in total. The van der Waals surface area contributed by atoms with Crippen LogP contribution in [-0.2, 0) is 4.79 Å². The van der Waals surface area contributed by atoms with Crippen molar-refractivity contribution in [3.63, 3.8) is 0 Å². The highest BCUT2D eigenvalue weighted by atomic mass is 16.6. The molecule has 0 spiro atoms. The first-order valence-corrected chi connectivity index (χ1v) is 6.86. The molecule has 0 saturated carbocycles. The Morgan fingerprint density at radius 3 is 2.62 bits per heavy atom. The Morgan fingerprint density at radius 1 is 1.48 bits per heavy atom. The standard InChI is InChI=1S/C14H20N4O3/c1-9-5-12(15-7-11(9)18(20)21)16-10-6-13(19)17(8-10)14(2,3)4/h5,7,10H,6,8H2,1-4H3,(H,15,16). The predicted octanol–water partition coefficient (Wildman–Crippen LogP) is 2.11. The number of nitrogens with one attached hydrogen (secondary N) is 1. The van der Waals surface area contributed by atoms with E-state index in [9.17, 15) is 14.9 Å². The van der Waals surface area contributed by atoms with Crippen molar-refractivity contribution in [2.75, 3.05) is 11.9 Å². The Morgan fingerprint density at radius 2 is 2.14 bits per heavy atom. The first kappa shape index (κ1) is 15.2. The Labute approximate surface area is 123 Å². The molecule has 1 saturated heterocycles. The first-order chi connectivity index (χ1) is 9.68. The summed E-state index contributed by atoms with van der Waals surface area (Å²) >= 11 is 0. The second-order valence-corrected chi connectivity index (χ2v) is 6.33. The largest absolute Gasteiger partial charge is 0.365 e. The van der Waals surface area contributed by atoms with Crippen LogP contribution in [-0.4, -0.2) is 38.8 Å². The van der Waals surface area contributed by atoms with E-state index in [0.29, 0.717) is 24.3 Å². The van der Waals surface area contributed by atoms with E-state index in [4.69, 9.17) is 0 Å². The third-order valence-corrected chi connectivity index (χ3v) is 3.57. The molecule has 2 rings (SSSR count). The van der Waals surface area contributed by atoms with Crippen LogP contribution in [0.5, 0.6) is 0 Å². The maximum Gasteiger partial charge on any atom is 0.290 e. The topological polar surface area (TPSA) is 88.4 Å². The molecule has 0 aliphatic carbocycles. The summed E-state index contributed by atoms with van der Waals surface area (Å²) in [6, 6.07) is 1.62. The maximum absolute atomic E-state index is 12.0. The van der Waals surface area contributed by atoms with E-state index in [0.717, 1.165) is 0 Å². The monoisotopic (exact) mass is 292 g/mol. The van der Waals surface area contributed by atoms with Gasteiger partial charge in [0, 0.05) is 24.1 Å². The molecule has 1 aliphatic heterocycles. The fraction of sp³-hybridized carbons (Fsp3) is 0.571. The molecule has 2 heterocycles. The molecule has 0 bridgehead atoms. The Bertz CT molecular complexity index is 580. The highest BCUT2D eigenvalue weighted by Gasteiger charge is 2.36. The number of aromatic nitrogens is 1. The lowest BCUT2D eigenvalue weighted by atomic mass is 10.1. The van der Waals surface area contributed by atoms with E-state index in [2.05, 4.69) is 10.3 Å². The second-order valence-electron chi connectivity index (χ2n) is 6.33. The highest BCUT2D eigenvalue weighted by Crippen LogP contribution is 2.25. The number of carbonyl (C=O) groups excluding carboxylic acids is 1. The molecule has 1 fully saturated rings. The Hall–Kier alpha value is -2.18. The van der Waals surface area contributed by atoms with Gasteiger partial charge in [-0.2, -0.15) is 0 Å². The van der Waals surface area contributed by atoms with Crippen LogP contribution >= 0.6 is 0 Å². The van der Waals surface area contributed by atoms with Gasteiger partial charge in [-0.3, -0.25) is 14.9 Å². The molecule has 1 amide bonds. The molecule has 114 valence electrons. The lowest BCUT2D eigenvalue weighted by Gasteiger charge is -2.32. The molecular formula is C14H20N4O3. The van der Waals surface area contributed by atoms with Crippen molar-refractivity contribution in [1.29, 1.82) is 0 Å². The number of aryl methyl sites for hydroxylation is 1. The second kappa shape index (κ2) is 5.31. The number of nitro groups is 1. The summed E-state index contributed by atoms with van der Waals surface area (Å²) < 4.78 is 0. The van der Waals surface area contributed by atoms with Crippen molar-refractivity contribution in [2.24, 2.45) is 0 Å². The smallest absolute Gasteiger partial charge is 0.290 e. The third-order valence-electron chi connectivity index (χ3n) is 3.57. The van der Waals surface area contributed by atoms with E-state index in [1.165, 1.54) is 6.20 Å². The first-order valence-electron chi connectivity index (χ1n) is 6.86. The molecule has 1 atom stereocenters. The molecule has 1 aromatic heterocycles. The van der Waals surface area contributed by atoms with Crippen molar-refractivity contribution in [3.8, 4) is 0 Å². The van der Waals surface area contributed by atoms with Crippen LogP contribution in [0, 0.1) is 17.0 Å². The minimum atomic E-state index is -0.452. The van der Waals surface area contributed by atoms with Crippen LogP contribution in [0.4, 0.5) is 11.5 Å². The van der Waals surface area contributed by atoms with Gasteiger partial charge < -0.3 is 10.2 Å². The molecule has 7 heteroatoms. The van der Waals surface area contributed by atoms with Gasteiger partial charge in [-0.05, 0) is 33.8 Å². The normalized spacial score (nSPS) is 19.0. The van der Waals surface area contributed by atoms with Gasteiger partial charge in [0.25, 0.3) is 5.69 Å². The van der Waals surface area contributed by atoms with Gasteiger partial charge in [-0.1, -0.05) is 0 Å². The molecule has 1 aliphatic rings. The average molecular weight is 292 g/mol. The minimum absolute atomic E-state index is 0.000587. The van der Waals surface area contributed by atoms with Gasteiger partial charge in [-0.25, -0.2) is 4.98 Å². The fourth-order valence-corrected chi connectivity index (χ4v) is 2.48. The lowest BCUT2D eigenvalue weighted by Crippen LogP contribution is -2.43. The summed E-state index contributed by atoms with van der Waals surface area (Å²) in [6.07, 6.45) is 1.66. The highest BCUT2D eigenvalue weighted by molar-refractivity contribution is 5.80. The summed E-state index contributed by atoms with van der Waals surface area (Å²) in [5.41, 5.74) is 0.348. The number of pyridine rings is 1. The number of rotatable bonds is 3. The number of carbonyl (C=O) groups is 1. The SMILES string of the molecule is Cc1cc(NC2CC(=O)N(C(C)(C)C)C2)ncc1[N+](=O)[O-]. The maximum atomic E-state index is 12.0. The van der Waals surface area contributed by atoms with E-state index >= 15 is 0 Å². The molecule has 1 unspecified atom stereocenters. The van der Waals surface area contributed by atoms with Crippen molar-refractivity contribution < 1.29 is 9.72 Å². The molecule has 1 N–H and O–H groups in total. The molecule has 0 aromatic carbocycles. The van der Waals surface area contributed by atoms with E-state index in [1.54, 1.807) is 13.0 Å². The van der Waals surface area contributed by atoms with Gasteiger partial charge in [0.15, 0.2) is 0 Å². The van der Waals surface area contributed by atoms with Gasteiger partial charge in [0.05, 0.1) is 11.0 Å². The van der Waals surface area contributed by atoms with Gasteiger partial charge in [-0.15, -0.1) is 0 Å². The van der Waals surface area contributed by atoms with Gasteiger partial charge in [0.2, 0.25) is 5.91 Å².